The lowest BCUT2D eigenvalue weighted by atomic mass is 10.4. The molecule has 0 unspecified atom stereocenters. The van der Waals surface area contributed by atoms with Crippen molar-refractivity contribution >= 4 is 33.0 Å². The van der Waals surface area contributed by atoms with Gasteiger partial charge in [0.15, 0.2) is 14.9 Å². The van der Waals surface area contributed by atoms with Crippen LogP contribution in [0.5, 0.6) is 0 Å². The van der Waals surface area contributed by atoms with Crippen LogP contribution in [0.15, 0.2) is 46.7 Å². The van der Waals surface area contributed by atoms with Gasteiger partial charge in [0, 0.05) is 18.4 Å². The van der Waals surface area contributed by atoms with Crippen LogP contribution < -0.4 is 0 Å². The molecule has 0 atom stereocenters. The number of sulfone groups is 1. The van der Waals surface area contributed by atoms with Crippen molar-refractivity contribution in [1.82, 2.24) is 9.97 Å². The van der Waals surface area contributed by atoms with Crippen LogP contribution in [0.25, 0.3) is 0 Å². The van der Waals surface area contributed by atoms with Gasteiger partial charge in [0.1, 0.15) is 12.4 Å². The first-order valence-electron chi connectivity index (χ1n) is 6.10. The molecule has 0 N–H and O–H groups in total. The molecular formula is C12H12N4O6S2. The second-order valence-electron chi connectivity index (χ2n) is 4.20. The lowest BCUT2D eigenvalue weighted by Crippen LogP contribution is -2.00. The van der Waals surface area contributed by atoms with Crippen molar-refractivity contribution in [2.75, 3.05) is 12.5 Å². The summed E-state index contributed by atoms with van der Waals surface area (Å²) in [5.41, 5.74) is -0.199. The van der Waals surface area contributed by atoms with E-state index in [0.717, 1.165) is 29.6 Å². The zero-order valence-corrected chi connectivity index (χ0v) is 14.2. The molecule has 0 amide bonds. The van der Waals surface area contributed by atoms with Crippen molar-refractivity contribution in [3.05, 3.63) is 56.9 Å². The summed E-state index contributed by atoms with van der Waals surface area (Å²) >= 11 is 1.46. The van der Waals surface area contributed by atoms with Gasteiger partial charge in [-0.15, -0.1) is 11.8 Å². The zero-order chi connectivity index (χ0) is 18.3. The Morgan fingerprint density at radius 1 is 0.958 bits per heavy atom. The number of rotatable bonds is 4. The van der Waals surface area contributed by atoms with Gasteiger partial charge in [-0.2, -0.15) is 0 Å². The van der Waals surface area contributed by atoms with Crippen LogP contribution in [-0.2, 0) is 9.84 Å². The number of nitro groups is 2. The fourth-order valence-corrected chi connectivity index (χ4v) is 2.22. The SMILES string of the molecule is CS(=O)(=O)c1ccc([N+](=O)[O-])cn1.CSc1ccc([N+](=O)[O-])cn1. The van der Waals surface area contributed by atoms with Crippen LogP contribution in [0.4, 0.5) is 11.4 Å². The third-order valence-corrected chi connectivity index (χ3v) is 4.11. The first kappa shape index (κ1) is 19.4. The molecule has 0 spiro atoms. The summed E-state index contributed by atoms with van der Waals surface area (Å²) in [5.74, 6) is 0. The summed E-state index contributed by atoms with van der Waals surface area (Å²) in [6.45, 7) is 0. The second-order valence-corrected chi connectivity index (χ2v) is 6.99. The predicted octanol–water partition coefficient (Wildman–Crippen LogP) is 2.10. The summed E-state index contributed by atoms with van der Waals surface area (Å²) in [7, 11) is -3.38. The summed E-state index contributed by atoms with van der Waals surface area (Å²) < 4.78 is 21.8. The molecule has 24 heavy (non-hydrogen) atoms. The maximum Gasteiger partial charge on any atom is 0.287 e. The Balaban J connectivity index is 0.000000243. The van der Waals surface area contributed by atoms with E-state index in [1.807, 2.05) is 6.26 Å². The standard InChI is InChI=1S/C6H6N2O4S.C6H6N2O2S/c1-13(11,12)6-3-2-5(4-7-6)8(9)10;1-11-6-3-2-5(4-7-6)8(9)10/h2-4H,1H3;2-4H,1H3. The predicted molar refractivity (Wildman–Crippen MR) is 86.7 cm³/mol. The minimum Gasteiger partial charge on any atom is -0.258 e. The van der Waals surface area contributed by atoms with Crippen molar-refractivity contribution in [2.24, 2.45) is 0 Å². The number of hydrogen-bond acceptors (Lipinski definition) is 9. The van der Waals surface area contributed by atoms with Gasteiger partial charge in [0.05, 0.1) is 14.9 Å². The molecule has 0 aliphatic rings. The maximum atomic E-state index is 10.9. The number of nitrogens with zero attached hydrogens (tertiary/aromatic N) is 4. The summed E-state index contributed by atoms with van der Waals surface area (Å²) in [4.78, 5) is 26.5. The van der Waals surface area contributed by atoms with Crippen molar-refractivity contribution in [2.45, 2.75) is 10.1 Å². The van der Waals surface area contributed by atoms with Gasteiger partial charge in [0.25, 0.3) is 11.4 Å². The third kappa shape index (κ3) is 5.89. The Bertz CT molecular complexity index is 822. The zero-order valence-electron chi connectivity index (χ0n) is 12.5. The summed E-state index contributed by atoms with van der Waals surface area (Å²) in [6.07, 6.45) is 5.03. The molecule has 0 aliphatic carbocycles. The summed E-state index contributed by atoms with van der Waals surface area (Å²) in [6, 6.07) is 5.28. The van der Waals surface area contributed by atoms with Gasteiger partial charge >= 0.3 is 0 Å². The fourth-order valence-electron chi connectivity index (χ4n) is 1.30. The second kappa shape index (κ2) is 8.31. The number of thioether (sulfide) groups is 1. The lowest BCUT2D eigenvalue weighted by molar-refractivity contribution is -0.385. The number of hydrogen-bond donors (Lipinski definition) is 0. The smallest absolute Gasteiger partial charge is 0.258 e. The van der Waals surface area contributed by atoms with Gasteiger partial charge in [-0.3, -0.25) is 20.2 Å². The highest BCUT2D eigenvalue weighted by atomic mass is 32.2. The van der Waals surface area contributed by atoms with E-state index in [2.05, 4.69) is 9.97 Å². The van der Waals surface area contributed by atoms with E-state index >= 15 is 0 Å². The van der Waals surface area contributed by atoms with E-state index in [4.69, 9.17) is 0 Å². The molecule has 0 radical (unpaired) electrons. The molecule has 0 saturated heterocycles. The third-order valence-electron chi connectivity index (χ3n) is 2.45. The van der Waals surface area contributed by atoms with E-state index in [1.54, 1.807) is 6.07 Å². The van der Waals surface area contributed by atoms with Crippen LogP contribution in [0, 0.1) is 20.2 Å². The molecule has 2 aromatic rings. The van der Waals surface area contributed by atoms with Crippen molar-refractivity contribution in [3.8, 4) is 0 Å². The molecular weight excluding hydrogens is 360 g/mol. The topological polar surface area (TPSA) is 146 Å². The van der Waals surface area contributed by atoms with Crippen LogP contribution in [-0.4, -0.2) is 40.7 Å². The maximum absolute atomic E-state index is 10.9. The Hall–Kier alpha value is -2.60. The van der Waals surface area contributed by atoms with Crippen LogP contribution >= 0.6 is 11.8 Å². The highest BCUT2D eigenvalue weighted by Gasteiger charge is 2.11. The normalized spacial score (nSPS) is 10.4. The van der Waals surface area contributed by atoms with Crippen molar-refractivity contribution < 1.29 is 18.3 Å². The minimum atomic E-state index is -3.38. The molecule has 10 nitrogen and oxygen atoms in total. The lowest BCUT2D eigenvalue weighted by Gasteiger charge is -1.94. The minimum absolute atomic E-state index is 0.0304. The van der Waals surface area contributed by atoms with Gasteiger partial charge in [0.2, 0.25) is 0 Å². The Kier molecular flexibility index (Phi) is 6.73. The monoisotopic (exact) mass is 372 g/mol. The molecule has 128 valence electrons. The van der Waals surface area contributed by atoms with E-state index in [1.165, 1.54) is 24.0 Å². The number of aromatic nitrogens is 2. The van der Waals surface area contributed by atoms with E-state index in [0.29, 0.717) is 0 Å². The van der Waals surface area contributed by atoms with E-state index in [-0.39, 0.29) is 16.4 Å². The van der Waals surface area contributed by atoms with Crippen LogP contribution in [0.2, 0.25) is 0 Å². The first-order chi connectivity index (χ1) is 11.1. The fraction of sp³-hybridized carbons (Fsp3) is 0.167. The molecule has 2 aromatic heterocycles. The Labute approximate surface area is 141 Å². The van der Waals surface area contributed by atoms with Gasteiger partial charge in [-0.1, -0.05) is 0 Å². The average Bonchev–Trinajstić information content (AvgIpc) is 2.54. The highest BCUT2D eigenvalue weighted by molar-refractivity contribution is 7.98. The van der Waals surface area contributed by atoms with Gasteiger partial charge in [-0.05, 0) is 18.4 Å². The van der Waals surface area contributed by atoms with Gasteiger partial charge < -0.3 is 0 Å². The highest BCUT2D eigenvalue weighted by Crippen LogP contribution is 2.15. The molecule has 2 rings (SSSR count). The Morgan fingerprint density at radius 3 is 1.75 bits per heavy atom. The molecule has 2 heterocycles. The first-order valence-corrected chi connectivity index (χ1v) is 9.21. The number of pyridine rings is 2. The Morgan fingerprint density at radius 2 is 1.46 bits per heavy atom. The van der Waals surface area contributed by atoms with E-state index in [9.17, 15) is 28.6 Å². The average molecular weight is 372 g/mol. The van der Waals surface area contributed by atoms with Crippen molar-refractivity contribution in [1.29, 1.82) is 0 Å². The van der Waals surface area contributed by atoms with Crippen molar-refractivity contribution in [3.63, 3.8) is 0 Å². The molecule has 12 heteroatoms. The molecule has 0 bridgehead atoms. The van der Waals surface area contributed by atoms with Crippen LogP contribution in [0.3, 0.4) is 0 Å². The molecule has 0 aromatic carbocycles. The largest absolute Gasteiger partial charge is 0.287 e. The molecule has 0 saturated carbocycles. The van der Waals surface area contributed by atoms with Crippen LogP contribution in [0.1, 0.15) is 0 Å². The molecule has 0 fully saturated rings. The summed E-state index contributed by atoms with van der Waals surface area (Å²) in [5, 5.41) is 21.0. The van der Waals surface area contributed by atoms with E-state index < -0.39 is 19.7 Å². The molecule has 0 aliphatic heterocycles. The quantitative estimate of drug-likeness (QED) is 0.447. The van der Waals surface area contributed by atoms with Gasteiger partial charge in [-0.25, -0.2) is 18.4 Å².